The number of hydrogen-bond donors (Lipinski definition) is 0. The summed E-state index contributed by atoms with van der Waals surface area (Å²) < 4.78 is 11.9. The fraction of sp³-hybridized carbons (Fsp3) is 0.393. The normalized spacial score (nSPS) is 22.1. The Labute approximate surface area is 201 Å². The number of piperidine rings is 1. The molecule has 2 aromatic rings. The van der Waals surface area contributed by atoms with Crippen molar-refractivity contribution in [1.29, 1.82) is 0 Å². The van der Waals surface area contributed by atoms with E-state index in [2.05, 4.69) is 62.2 Å². The molecule has 0 N–H and O–H groups in total. The van der Waals surface area contributed by atoms with Crippen LogP contribution in [0.3, 0.4) is 0 Å². The van der Waals surface area contributed by atoms with Crippen LogP contribution in [0.5, 0.6) is 0 Å². The number of pyridine rings is 1. The fourth-order valence-electron chi connectivity index (χ4n) is 5.51. The molecule has 1 aromatic heterocycles. The van der Waals surface area contributed by atoms with Crippen molar-refractivity contribution in [3.8, 4) is 0 Å². The number of allylic oxidation sites excluding steroid dienone is 4. The number of fused-ring (bicyclic) bond motifs is 1. The van der Waals surface area contributed by atoms with Gasteiger partial charge in [0.2, 0.25) is 5.88 Å². The Bertz CT molecular complexity index is 1150. The van der Waals surface area contributed by atoms with E-state index in [1.54, 1.807) is 12.5 Å². The molecule has 0 atom stereocenters. The predicted octanol–water partition coefficient (Wildman–Crippen LogP) is 4.78. The molecule has 1 aliphatic carbocycles. The van der Waals surface area contributed by atoms with Crippen LogP contribution >= 0.6 is 0 Å². The first kappa shape index (κ1) is 21.3. The first-order valence-corrected chi connectivity index (χ1v) is 12.5. The van der Waals surface area contributed by atoms with Crippen LogP contribution in [0.2, 0.25) is 0 Å². The average molecular weight is 457 g/mol. The van der Waals surface area contributed by atoms with Gasteiger partial charge < -0.3 is 19.3 Å². The number of para-hydroxylation sites is 1. The molecule has 0 unspecified atom stereocenters. The summed E-state index contributed by atoms with van der Waals surface area (Å²) in [5.41, 5.74) is 3.59. The molecule has 0 amide bonds. The van der Waals surface area contributed by atoms with E-state index in [0.29, 0.717) is 6.04 Å². The molecule has 176 valence electrons. The number of piperazine rings is 1. The summed E-state index contributed by atoms with van der Waals surface area (Å²) in [7, 11) is 0. The second kappa shape index (κ2) is 9.55. The van der Waals surface area contributed by atoms with E-state index < -0.39 is 0 Å². The maximum absolute atomic E-state index is 5.97. The van der Waals surface area contributed by atoms with Crippen LogP contribution in [0, 0.1) is 0 Å². The fourth-order valence-corrected chi connectivity index (χ4v) is 5.51. The van der Waals surface area contributed by atoms with Gasteiger partial charge in [-0.05, 0) is 43.4 Å². The largest absolute Gasteiger partial charge is 0.456 e. The molecule has 3 aliphatic heterocycles. The van der Waals surface area contributed by atoms with E-state index in [0.717, 1.165) is 69.3 Å². The van der Waals surface area contributed by atoms with Crippen molar-refractivity contribution in [2.24, 2.45) is 0 Å². The van der Waals surface area contributed by atoms with Crippen LogP contribution in [0.1, 0.15) is 25.7 Å². The summed E-state index contributed by atoms with van der Waals surface area (Å²) in [6, 6.07) is 11.3. The van der Waals surface area contributed by atoms with Crippen molar-refractivity contribution in [3.63, 3.8) is 0 Å². The smallest absolute Gasteiger partial charge is 0.231 e. The Balaban J connectivity index is 1.01. The molecule has 4 aliphatic rings. The quantitative estimate of drug-likeness (QED) is 0.659. The second-order valence-electron chi connectivity index (χ2n) is 9.43. The predicted molar refractivity (Wildman–Crippen MR) is 135 cm³/mol. The van der Waals surface area contributed by atoms with Gasteiger partial charge in [0.15, 0.2) is 12.0 Å². The van der Waals surface area contributed by atoms with Gasteiger partial charge in [0.1, 0.15) is 6.26 Å². The summed E-state index contributed by atoms with van der Waals surface area (Å²) in [5, 5.41) is 1.22. The molecule has 2 saturated heterocycles. The molecule has 0 bridgehead atoms. The van der Waals surface area contributed by atoms with Crippen molar-refractivity contribution in [3.05, 3.63) is 84.5 Å². The van der Waals surface area contributed by atoms with Crippen molar-refractivity contribution in [1.82, 2.24) is 14.8 Å². The van der Waals surface area contributed by atoms with Gasteiger partial charge in [0, 0.05) is 56.9 Å². The van der Waals surface area contributed by atoms with Crippen molar-refractivity contribution >= 4 is 16.6 Å². The topological polar surface area (TPSA) is 41.1 Å². The summed E-state index contributed by atoms with van der Waals surface area (Å²) in [4.78, 5) is 12.1. The first-order valence-electron chi connectivity index (χ1n) is 12.5. The summed E-state index contributed by atoms with van der Waals surface area (Å²) in [5.74, 6) is 1.66. The van der Waals surface area contributed by atoms with Gasteiger partial charge in [-0.25, -0.2) is 0 Å². The molecular formula is C28H32N4O2. The van der Waals surface area contributed by atoms with Crippen LogP contribution < -0.4 is 4.90 Å². The zero-order chi connectivity index (χ0) is 22.7. The maximum atomic E-state index is 5.97. The van der Waals surface area contributed by atoms with Crippen molar-refractivity contribution in [2.45, 2.75) is 31.7 Å². The van der Waals surface area contributed by atoms with Gasteiger partial charge >= 0.3 is 0 Å². The standard InChI is InChI=1S/C28H32N4O2/c1-2-6-22(7-3-1)26-20-34-27(21-33-26)32-18-16-30(17-19-32)24-11-14-31(15-12-24)25-10-4-8-23-9-5-13-29-28(23)25/h1-2,4-6,8-10,13,20-21,24H,3,7,11-12,14-19H2. The highest BCUT2D eigenvalue weighted by molar-refractivity contribution is 5.90. The summed E-state index contributed by atoms with van der Waals surface area (Å²) in [6.07, 6.45) is 16.3. The zero-order valence-electron chi connectivity index (χ0n) is 19.6. The summed E-state index contributed by atoms with van der Waals surface area (Å²) in [6.45, 7) is 6.23. The minimum Gasteiger partial charge on any atom is -0.456 e. The Kier molecular flexibility index (Phi) is 5.98. The summed E-state index contributed by atoms with van der Waals surface area (Å²) >= 11 is 0. The monoisotopic (exact) mass is 456 g/mol. The van der Waals surface area contributed by atoms with Crippen LogP contribution in [0.4, 0.5) is 5.69 Å². The zero-order valence-corrected chi connectivity index (χ0v) is 19.6. The lowest BCUT2D eigenvalue weighted by molar-refractivity contribution is 0.0589. The third-order valence-corrected chi connectivity index (χ3v) is 7.46. The van der Waals surface area contributed by atoms with Gasteiger partial charge in [-0.2, -0.15) is 0 Å². The van der Waals surface area contributed by atoms with E-state index in [9.17, 15) is 0 Å². The highest BCUT2D eigenvalue weighted by Crippen LogP contribution is 2.30. The van der Waals surface area contributed by atoms with Crippen LogP contribution in [0.15, 0.2) is 84.5 Å². The van der Waals surface area contributed by atoms with Crippen LogP contribution in [-0.4, -0.2) is 60.1 Å². The number of aromatic nitrogens is 1. The molecule has 6 rings (SSSR count). The SMILES string of the molecule is C1=CCCC(C2=COC(N3CCN(C4CCN(c5cccc6cccnc56)CC4)CC3)=CO2)=C1. The highest BCUT2D eigenvalue weighted by atomic mass is 16.6. The number of anilines is 1. The van der Waals surface area contributed by atoms with Crippen molar-refractivity contribution < 1.29 is 9.47 Å². The van der Waals surface area contributed by atoms with Gasteiger partial charge in [-0.1, -0.05) is 36.4 Å². The third-order valence-electron chi connectivity index (χ3n) is 7.46. The van der Waals surface area contributed by atoms with E-state index in [4.69, 9.17) is 9.47 Å². The molecule has 1 aromatic carbocycles. The molecule has 6 nitrogen and oxygen atoms in total. The van der Waals surface area contributed by atoms with E-state index >= 15 is 0 Å². The lowest BCUT2D eigenvalue weighted by atomic mass is 10.0. The second-order valence-corrected chi connectivity index (χ2v) is 9.43. The van der Waals surface area contributed by atoms with Gasteiger partial charge in [-0.15, -0.1) is 0 Å². The molecule has 0 radical (unpaired) electrons. The number of rotatable bonds is 4. The molecule has 2 fully saturated rings. The molecule has 4 heterocycles. The highest BCUT2D eigenvalue weighted by Gasteiger charge is 2.29. The average Bonchev–Trinajstić information content (AvgIpc) is 2.94. The molecule has 0 saturated carbocycles. The Morgan fingerprint density at radius 3 is 2.47 bits per heavy atom. The molecule has 0 spiro atoms. The van der Waals surface area contributed by atoms with E-state index in [1.807, 2.05) is 12.3 Å². The molecular weight excluding hydrogens is 424 g/mol. The van der Waals surface area contributed by atoms with Crippen molar-refractivity contribution in [2.75, 3.05) is 44.2 Å². The minimum absolute atomic E-state index is 0.650. The molecule has 6 heteroatoms. The number of benzene rings is 1. The van der Waals surface area contributed by atoms with Crippen LogP contribution in [0.25, 0.3) is 10.9 Å². The Hall–Kier alpha value is -3.25. The van der Waals surface area contributed by atoms with Gasteiger partial charge in [0.05, 0.1) is 11.2 Å². The minimum atomic E-state index is 0.650. The van der Waals surface area contributed by atoms with E-state index in [-0.39, 0.29) is 0 Å². The number of nitrogens with zero attached hydrogens (tertiary/aromatic N) is 4. The first-order chi connectivity index (χ1) is 16.8. The maximum Gasteiger partial charge on any atom is 0.231 e. The lowest BCUT2D eigenvalue weighted by Crippen LogP contribution is -2.53. The number of ether oxygens (including phenoxy) is 2. The van der Waals surface area contributed by atoms with Crippen LogP contribution in [-0.2, 0) is 9.47 Å². The van der Waals surface area contributed by atoms with E-state index in [1.165, 1.54) is 29.5 Å². The lowest BCUT2D eigenvalue weighted by Gasteiger charge is -2.44. The van der Waals surface area contributed by atoms with Gasteiger partial charge in [-0.3, -0.25) is 9.88 Å². The Morgan fingerprint density at radius 1 is 0.853 bits per heavy atom. The third kappa shape index (κ3) is 4.30. The number of hydrogen-bond acceptors (Lipinski definition) is 6. The Morgan fingerprint density at radius 2 is 1.71 bits per heavy atom. The molecule has 34 heavy (non-hydrogen) atoms. The van der Waals surface area contributed by atoms with Gasteiger partial charge in [0.25, 0.3) is 0 Å².